The van der Waals surface area contributed by atoms with E-state index in [-0.39, 0.29) is 30.3 Å². The van der Waals surface area contributed by atoms with Crippen molar-refractivity contribution in [3.63, 3.8) is 0 Å². The van der Waals surface area contributed by atoms with Gasteiger partial charge in [-0.15, -0.1) is 0 Å². The van der Waals surface area contributed by atoms with Crippen LogP contribution in [-0.4, -0.2) is 68.8 Å². The average molecular weight is 480 g/mol. The molecule has 10 heteroatoms. The summed E-state index contributed by atoms with van der Waals surface area (Å²) in [5.41, 5.74) is 1.42. The van der Waals surface area contributed by atoms with Gasteiger partial charge in [-0.25, -0.2) is 14.4 Å². The first kappa shape index (κ1) is 22.1. The van der Waals surface area contributed by atoms with Crippen LogP contribution >= 0.6 is 0 Å². The van der Waals surface area contributed by atoms with Gasteiger partial charge in [0, 0.05) is 43.6 Å². The Morgan fingerprint density at radius 3 is 2.63 bits per heavy atom. The maximum atomic E-state index is 13.1. The fourth-order valence-electron chi connectivity index (χ4n) is 5.74. The van der Waals surface area contributed by atoms with Crippen molar-refractivity contribution in [1.82, 2.24) is 25.1 Å². The van der Waals surface area contributed by atoms with Gasteiger partial charge >= 0.3 is 0 Å². The fraction of sp³-hybridized carbons (Fsp3) is 0.480. The molecule has 6 rings (SSSR count). The molecule has 9 nitrogen and oxygen atoms in total. The highest BCUT2D eigenvalue weighted by Gasteiger charge is 2.42. The van der Waals surface area contributed by atoms with Crippen molar-refractivity contribution in [3.05, 3.63) is 53.4 Å². The van der Waals surface area contributed by atoms with Crippen LogP contribution in [0.1, 0.15) is 59.8 Å². The molecule has 182 valence electrons. The van der Waals surface area contributed by atoms with E-state index in [9.17, 15) is 18.8 Å². The predicted octanol–water partition coefficient (Wildman–Crippen LogP) is 1.78. The van der Waals surface area contributed by atoms with Gasteiger partial charge in [0.2, 0.25) is 11.8 Å². The number of fused-ring (bicyclic) bond motifs is 1. The van der Waals surface area contributed by atoms with Crippen LogP contribution in [0.5, 0.6) is 5.75 Å². The van der Waals surface area contributed by atoms with Crippen LogP contribution in [0, 0.1) is 5.82 Å². The molecule has 2 aromatic rings. The van der Waals surface area contributed by atoms with E-state index >= 15 is 0 Å². The van der Waals surface area contributed by atoms with Gasteiger partial charge < -0.3 is 9.64 Å². The van der Waals surface area contributed by atoms with Crippen molar-refractivity contribution in [2.24, 2.45) is 0 Å². The zero-order valence-electron chi connectivity index (χ0n) is 19.2. The Balaban J connectivity index is 1.10. The van der Waals surface area contributed by atoms with Gasteiger partial charge in [-0.1, -0.05) is 0 Å². The van der Waals surface area contributed by atoms with Crippen molar-refractivity contribution >= 4 is 17.7 Å². The average Bonchev–Trinajstić information content (AvgIpc) is 3.38. The Kier molecular flexibility index (Phi) is 5.47. The number of nitrogens with one attached hydrogen (secondary N) is 1. The first-order valence-electron chi connectivity index (χ1n) is 12.1. The number of piperidine rings is 1. The third kappa shape index (κ3) is 4.05. The van der Waals surface area contributed by atoms with Gasteiger partial charge in [0.1, 0.15) is 23.7 Å². The second-order valence-electron chi connectivity index (χ2n) is 9.78. The first-order chi connectivity index (χ1) is 17.0. The molecule has 4 heterocycles. The number of ether oxygens (including phenoxy) is 1. The molecule has 1 unspecified atom stereocenters. The topological polar surface area (TPSA) is 105 Å². The van der Waals surface area contributed by atoms with Crippen molar-refractivity contribution in [2.75, 3.05) is 13.1 Å². The van der Waals surface area contributed by atoms with Crippen molar-refractivity contribution in [2.45, 2.75) is 62.8 Å². The van der Waals surface area contributed by atoms with Gasteiger partial charge in [-0.05, 0) is 49.4 Å². The SMILES string of the molecule is O=C1CCC(N2Cc3cc(O[C@H]4CCC[C@H]4N4CC(c5ncc(F)cn5)C4)ccc3C2=O)C(=O)N1. The van der Waals surface area contributed by atoms with E-state index in [0.29, 0.717) is 30.4 Å². The predicted molar refractivity (Wildman–Crippen MR) is 121 cm³/mol. The Morgan fingerprint density at radius 2 is 1.86 bits per heavy atom. The van der Waals surface area contributed by atoms with Crippen LogP contribution in [0.4, 0.5) is 4.39 Å². The molecule has 0 spiro atoms. The number of rotatable bonds is 5. The number of imide groups is 1. The highest BCUT2D eigenvalue weighted by atomic mass is 19.1. The number of carbonyl (C=O) groups excluding carboxylic acids is 3. The summed E-state index contributed by atoms with van der Waals surface area (Å²) >= 11 is 0. The highest BCUT2D eigenvalue weighted by molar-refractivity contribution is 6.05. The lowest BCUT2D eigenvalue weighted by Crippen LogP contribution is -2.54. The van der Waals surface area contributed by atoms with Crippen LogP contribution in [0.2, 0.25) is 0 Å². The molecular formula is C25H26FN5O4. The molecule has 0 bridgehead atoms. The minimum atomic E-state index is -0.624. The van der Waals surface area contributed by atoms with Crippen LogP contribution < -0.4 is 10.1 Å². The van der Waals surface area contributed by atoms with Gasteiger partial charge in [-0.2, -0.15) is 0 Å². The molecule has 1 aliphatic carbocycles. The smallest absolute Gasteiger partial charge is 0.255 e. The number of halogens is 1. The number of aromatic nitrogens is 2. The number of nitrogens with zero attached hydrogens (tertiary/aromatic N) is 4. The summed E-state index contributed by atoms with van der Waals surface area (Å²) in [6, 6.07) is 5.17. The van der Waals surface area contributed by atoms with Crippen LogP contribution in [0.25, 0.3) is 0 Å². The second-order valence-corrected chi connectivity index (χ2v) is 9.78. The molecule has 0 radical (unpaired) electrons. The summed E-state index contributed by atoms with van der Waals surface area (Å²) in [6.07, 6.45) is 6.14. The van der Waals surface area contributed by atoms with Crippen LogP contribution in [0.15, 0.2) is 30.6 Å². The van der Waals surface area contributed by atoms with Crippen LogP contribution in [0.3, 0.4) is 0 Å². The Morgan fingerprint density at radius 1 is 1.06 bits per heavy atom. The monoisotopic (exact) mass is 479 g/mol. The maximum Gasteiger partial charge on any atom is 0.255 e. The van der Waals surface area contributed by atoms with E-state index in [2.05, 4.69) is 20.2 Å². The van der Waals surface area contributed by atoms with E-state index < -0.39 is 17.8 Å². The number of benzene rings is 1. The van der Waals surface area contributed by atoms with E-state index in [1.165, 1.54) is 12.4 Å². The third-order valence-corrected chi connectivity index (χ3v) is 7.58. The van der Waals surface area contributed by atoms with Crippen molar-refractivity contribution < 1.29 is 23.5 Å². The standard InChI is InChI=1S/C25H26FN5O4/c26-16-9-27-23(28-10-16)15-11-30(12-15)19-2-1-3-21(19)35-17-4-5-18-14(8-17)13-31(25(18)34)20-6-7-22(32)29-24(20)33/h4-5,8-10,15,19-21H,1-3,6-7,11-13H2,(H,29,32,33)/t19-,20?,21+/m1/s1. The van der Waals surface area contributed by atoms with Crippen molar-refractivity contribution in [1.29, 1.82) is 0 Å². The second kappa shape index (κ2) is 8.67. The van der Waals surface area contributed by atoms with Gasteiger partial charge in [0.05, 0.1) is 12.4 Å². The largest absolute Gasteiger partial charge is 0.489 e. The normalized spacial score (nSPS) is 27.1. The molecule has 2 saturated heterocycles. The molecular weight excluding hydrogens is 453 g/mol. The molecule has 1 aromatic carbocycles. The maximum absolute atomic E-state index is 13.1. The first-order valence-corrected chi connectivity index (χ1v) is 12.1. The quantitative estimate of drug-likeness (QED) is 0.652. The lowest BCUT2D eigenvalue weighted by Gasteiger charge is -2.44. The summed E-state index contributed by atoms with van der Waals surface area (Å²) in [4.78, 5) is 48.8. The molecule has 1 saturated carbocycles. The Labute approximate surface area is 201 Å². The summed E-state index contributed by atoms with van der Waals surface area (Å²) in [6.45, 7) is 1.99. The minimum absolute atomic E-state index is 0.0477. The van der Waals surface area contributed by atoms with Gasteiger partial charge in [-0.3, -0.25) is 24.6 Å². The summed E-state index contributed by atoms with van der Waals surface area (Å²) in [5, 5.41) is 2.33. The fourth-order valence-corrected chi connectivity index (χ4v) is 5.74. The van der Waals surface area contributed by atoms with E-state index in [1.807, 2.05) is 12.1 Å². The molecule has 1 aromatic heterocycles. The number of likely N-dealkylation sites (tertiary alicyclic amines) is 1. The van der Waals surface area contributed by atoms with Gasteiger partial charge in [0.15, 0.2) is 5.82 Å². The van der Waals surface area contributed by atoms with E-state index in [4.69, 9.17) is 4.74 Å². The number of hydrogen-bond donors (Lipinski definition) is 1. The molecule has 4 aliphatic rings. The Hall–Kier alpha value is -3.40. The molecule has 35 heavy (non-hydrogen) atoms. The van der Waals surface area contributed by atoms with E-state index in [0.717, 1.165) is 43.7 Å². The lowest BCUT2D eigenvalue weighted by atomic mass is 9.95. The van der Waals surface area contributed by atoms with Gasteiger partial charge in [0.25, 0.3) is 5.91 Å². The minimum Gasteiger partial charge on any atom is -0.489 e. The summed E-state index contributed by atoms with van der Waals surface area (Å²) in [5.74, 6) is 0.294. The highest BCUT2D eigenvalue weighted by Crippen LogP contribution is 2.36. The zero-order valence-corrected chi connectivity index (χ0v) is 19.2. The number of amides is 3. The molecule has 3 amide bonds. The summed E-state index contributed by atoms with van der Waals surface area (Å²) in [7, 11) is 0. The molecule has 1 N–H and O–H groups in total. The van der Waals surface area contributed by atoms with Crippen LogP contribution in [-0.2, 0) is 16.1 Å². The lowest BCUT2D eigenvalue weighted by molar-refractivity contribution is -0.136. The van der Waals surface area contributed by atoms with Crippen molar-refractivity contribution in [3.8, 4) is 5.75 Å². The molecule has 3 atom stereocenters. The zero-order chi connectivity index (χ0) is 24.1. The molecule has 3 aliphatic heterocycles. The third-order valence-electron chi connectivity index (χ3n) is 7.58. The Bertz CT molecular complexity index is 1180. The number of carbonyl (C=O) groups is 3. The number of hydrogen-bond acceptors (Lipinski definition) is 7. The van der Waals surface area contributed by atoms with E-state index in [1.54, 1.807) is 11.0 Å². The summed E-state index contributed by atoms with van der Waals surface area (Å²) < 4.78 is 19.5. The molecule has 3 fully saturated rings.